The summed E-state index contributed by atoms with van der Waals surface area (Å²) in [6.45, 7) is 3.03. The molecule has 0 aromatic heterocycles. The molecule has 3 heteroatoms. The molecule has 0 unspecified atom stereocenters. The summed E-state index contributed by atoms with van der Waals surface area (Å²) in [6.07, 6.45) is 0.848. The van der Waals surface area contributed by atoms with Crippen LogP contribution in [0.1, 0.15) is 18.1 Å². The molecule has 20 heavy (non-hydrogen) atoms. The third-order valence-corrected chi connectivity index (χ3v) is 3.05. The fourth-order valence-corrected chi connectivity index (χ4v) is 2.02. The summed E-state index contributed by atoms with van der Waals surface area (Å²) in [5, 5.41) is 6.23. The molecule has 2 rings (SSSR count). The van der Waals surface area contributed by atoms with Gasteiger partial charge in [0.25, 0.3) is 0 Å². The summed E-state index contributed by atoms with van der Waals surface area (Å²) in [4.78, 5) is 10.8. The second-order valence-corrected chi connectivity index (χ2v) is 4.77. The Morgan fingerprint density at radius 3 is 2.50 bits per heavy atom. The highest BCUT2D eigenvalue weighted by Gasteiger charge is 1.98. The van der Waals surface area contributed by atoms with E-state index in [0.717, 1.165) is 18.7 Å². The number of nitrogens with one attached hydrogen (secondary N) is 2. The summed E-state index contributed by atoms with van der Waals surface area (Å²) in [5.41, 5.74) is 3.59. The molecule has 104 valence electrons. The zero-order valence-corrected chi connectivity index (χ0v) is 11.7. The van der Waals surface area contributed by atoms with Crippen molar-refractivity contribution >= 4 is 11.6 Å². The highest BCUT2D eigenvalue weighted by atomic mass is 16.1. The monoisotopic (exact) mass is 268 g/mol. The minimum atomic E-state index is 0.0170. The lowest BCUT2D eigenvalue weighted by molar-refractivity contribution is -0.118. The molecule has 0 spiro atoms. The highest BCUT2D eigenvalue weighted by Crippen LogP contribution is 2.12. The Morgan fingerprint density at radius 1 is 1.00 bits per heavy atom. The second kappa shape index (κ2) is 7.34. The van der Waals surface area contributed by atoms with Crippen LogP contribution < -0.4 is 10.6 Å². The van der Waals surface area contributed by atoms with Gasteiger partial charge in [-0.1, -0.05) is 42.5 Å². The van der Waals surface area contributed by atoms with Crippen LogP contribution in [0.5, 0.6) is 0 Å². The third-order valence-electron chi connectivity index (χ3n) is 3.05. The van der Waals surface area contributed by atoms with Gasteiger partial charge in [0, 0.05) is 25.7 Å². The molecule has 0 aliphatic rings. The number of hydrogen-bond acceptors (Lipinski definition) is 2. The van der Waals surface area contributed by atoms with Gasteiger partial charge >= 0.3 is 0 Å². The van der Waals surface area contributed by atoms with Gasteiger partial charge in [0.1, 0.15) is 0 Å². The first-order chi connectivity index (χ1) is 9.74. The largest absolute Gasteiger partial charge is 0.381 e. The molecular formula is C17H20N2O. The van der Waals surface area contributed by atoms with E-state index >= 15 is 0 Å². The summed E-state index contributed by atoms with van der Waals surface area (Å²) >= 11 is 0. The Labute approximate surface area is 120 Å². The van der Waals surface area contributed by atoms with E-state index in [9.17, 15) is 4.79 Å². The molecule has 2 aromatic rings. The van der Waals surface area contributed by atoms with Gasteiger partial charge in [-0.2, -0.15) is 0 Å². The fourth-order valence-electron chi connectivity index (χ4n) is 2.02. The van der Waals surface area contributed by atoms with Gasteiger partial charge in [-0.15, -0.1) is 0 Å². The van der Waals surface area contributed by atoms with Crippen LogP contribution in [0.2, 0.25) is 0 Å². The van der Waals surface area contributed by atoms with Crippen LogP contribution in [0.15, 0.2) is 54.6 Å². The van der Waals surface area contributed by atoms with E-state index in [0.29, 0.717) is 6.54 Å². The Hall–Kier alpha value is -2.29. The molecule has 0 bridgehead atoms. The van der Waals surface area contributed by atoms with E-state index in [1.165, 1.54) is 18.1 Å². The molecule has 2 N–H and O–H groups in total. The zero-order valence-electron chi connectivity index (χ0n) is 11.7. The summed E-state index contributed by atoms with van der Waals surface area (Å²) < 4.78 is 0. The van der Waals surface area contributed by atoms with Crippen molar-refractivity contribution in [3.8, 4) is 0 Å². The number of amides is 1. The third kappa shape index (κ3) is 4.76. The number of anilines is 1. The van der Waals surface area contributed by atoms with Gasteiger partial charge in [0.15, 0.2) is 0 Å². The lowest BCUT2D eigenvalue weighted by atomic mass is 10.1. The summed E-state index contributed by atoms with van der Waals surface area (Å²) in [7, 11) is 0. The second-order valence-electron chi connectivity index (χ2n) is 4.77. The predicted octanol–water partition coefficient (Wildman–Crippen LogP) is 2.98. The van der Waals surface area contributed by atoms with Crippen molar-refractivity contribution in [1.29, 1.82) is 0 Å². The van der Waals surface area contributed by atoms with Crippen molar-refractivity contribution in [2.45, 2.75) is 19.9 Å². The molecule has 1 amide bonds. The lowest BCUT2D eigenvalue weighted by Gasteiger charge is -2.09. The smallest absolute Gasteiger partial charge is 0.216 e. The minimum absolute atomic E-state index is 0.0170. The summed E-state index contributed by atoms with van der Waals surface area (Å²) in [5.74, 6) is 0.0170. The Morgan fingerprint density at radius 2 is 1.75 bits per heavy atom. The molecule has 0 atom stereocenters. The maximum Gasteiger partial charge on any atom is 0.216 e. The predicted molar refractivity (Wildman–Crippen MR) is 82.6 cm³/mol. The number of carbonyl (C=O) groups is 1. The Balaban J connectivity index is 1.87. The molecular weight excluding hydrogens is 248 g/mol. The maximum atomic E-state index is 10.8. The fraction of sp³-hybridized carbons (Fsp3) is 0.235. The zero-order chi connectivity index (χ0) is 14.2. The SMILES string of the molecule is CC(=O)NCCc1cccc(NCc2ccccc2)c1. The van der Waals surface area contributed by atoms with Crippen LogP contribution in [-0.2, 0) is 17.8 Å². The van der Waals surface area contributed by atoms with Crippen LogP contribution >= 0.6 is 0 Å². The number of carbonyl (C=O) groups excluding carboxylic acids is 1. The van der Waals surface area contributed by atoms with Crippen LogP contribution in [0.4, 0.5) is 5.69 Å². The first-order valence-electron chi connectivity index (χ1n) is 6.85. The molecule has 0 saturated carbocycles. The maximum absolute atomic E-state index is 10.8. The average molecular weight is 268 g/mol. The first-order valence-corrected chi connectivity index (χ1v) is 6.85. The van der Waals surface area contributed by atoms with E-state index < -0.39 is 0 Å². The van der Waals surface area contributed by atoms with Gasteiger partial charge in [-0.05, 0) is 29.7 Å². The Kier molecular flexibility index (Phi) is 5.18. The molecule has 2 aromatic carbocycles. The van der Waals surface area contributed by atoms with Crippen molar-refractivity contribution < 1.29 is 4.79 Å². The Bertz CT molecular complexity index is 552. The molecule has 3 nitrogen and oxygen atoms in total. The van der Waals surface area contributed by atoms with Crippen LogP contribution in [0.25, 0.3) is 0 Å². The van der Waals surface area contributed by atoms with Crippen LogP contribution in [0, 0.1) is 0 Å². The van der Waals surface area contributed by atoms with E-state index in [2.05, 4.69) is 41.0 Å². The van der Waals surface area contributed by atoms with Gasteiger partial charge in [-0.25, -0.2) is 0 Å². The van der Waals surface area contributed by atoms with Gasteiger partial charge in [-0.3, -0.25) is 4.79 Å². The van der Waals surface area contributed by atoms with E-state index in [-0.39, 0.29) is 5.91 Å². The number of hydrogen-bond donors (Lipinski definition) is 2. The minimum Gasteiger partial charge on any atom is -0.381 e. The number of rotatable bonds is 6. The van der Waals surface area contributed by atoms with Crippen molar-refractivity contribution in [2.75, 3.05) is 11.9 Å². The molecule has 0 aliphatic carbocycles. The molecule has 0 radical (unpaired) electrons. The molecule has 0 heterocycles. The van der Waals surface area contributed by atoms with Crippen LogP contribution in [0.3, 0.4) is 0 Å². The van der Waals surface area contributed by atoms with E-state index in [4.69, 9.17) is 0 Å². The van der Waals surface area contributed by atoms with Gasteiger partial charge in [0.2, 0.25) is 5.91 Å². The lowest BCUT2D eigenvalue weighted by Crippen LogP contribution is -2.22. The topological polar surface area (TPSA) is 41.1 Å². The van der Waals surface area contributed by atoms with E-state index in [1.54, 1.807) is 0 Å². The van der Waals surface area contributed by atoms with Crippen molar-refractivity contribution in [1.82, 2.24) is 5.32 Å². The van der Waals surface area contributed by atoms with E-state index in [1.807, 2.05) is 24.3 Å². The highest BCUT2D eigenvalue weighted by molar-refractivity contribution is 5.72. The standard InChI is InChI=1S/C17H20N2O/c1-14(20)18-11-10-15-8-5-9-17(12-15)19-13-16-6-3-2-4-7-16/h2-9,12,19H,10-11,13H2,1H3,(H,18,20). The van der Waals surface area contributed by atoms with Crippen molar-refractivity contribution in [2.24, 2.45) is 0 Å². The average Bonchev–Trinajstić information content (AvgIpc) is 2.46. The molecule has 0 saturated heterocycles. The van der Waals surface area contributed by atoms with Crippen molar-refractivity contribution in [3.63, 3.8) is 0 Å². The molecule has 0 fully saturated rings. The molecule has 0 aliphatic heterocycles. The summed E-state index contributed by atoms with van der Waals surface area (Å²) in [6, 6.07) is 18.6. The van der Waals surface area contributed by atoms with Gasteiger partial charge in [0.05, 0.1) is 0 Å². The van der Waals surface area contributed by atoms with Crippen LogP contribution in [-0.4, -0.2) is 12.5 Å². The normalized spacial score (nSPS) is 10.1. The first kappa shape index (κ1) is 14.1. The number of benzene rings is 2. The van der Waals surface area contributed by atoms with Gasteiger partial charge < -0.3 is 10.6 Å². The van der Waals surface area contributed by atoms with Crippen molar-refractivity contribution in [3.05, 3.63) is 65.7 Å². The quantitative estimate of drug-likeness (QED) is 0.845.